The molecule has 102 valence electrons. The second-order valence-electron chi connectivity index (χ2n) is 4.94. The van der Waals surface area contributed by atoms with E-state index in [1.54, 1.807) is 30.8 Å². The molecule has 2 rings (SSSR count). The molecule has 0 aliphatic rings. The van der Waals surface area contributed by atoms with Gasteiger partial charge in [-0.2, -0.15) is 5.10 Å². The van der Waals surface area contributed by atoms with E-state index in [0.29, 0.717) is 17.1 Å². The summed E-state index contributed by atoms with van der Waals surface area (Å²) in [6.45, 7) is 3.53. The lowest BCUT2D eigenvalue weighted by atomic mass is 9.89. The highest BCUT2D eigenvalue weighted by Gasteiger charge is 2.27. The largest absolute Gasteiger partial charge is 0.385 e. The fourth-order valence-electron chi connectivity index (χ4n) is 2.13. The van der Waals surface area contributed by atoms with Crippen LogP contribution in [-0.2, 0) is 19.1 Å². The molecule has 0 saturated carbocycles. The number of aliphatic hydroxyl groups is 1. The molecule has 0 spiro atoms. The first-order valence-corrected chi connectivity index (χ1v) is 6.35. The van der Waals surface area contributed by atoms with Gasteiger partial charge in [0, 0.05) is 19.0 Å². The summed E-state index contributed by atoms with van der Waals surface area (Å²) in [5, 5.41) is 15.3. The molecule has 0 fully saturated rings. The highest BCUT2D eigenvalue weighted by Crippen LogP contribution is 2.30. The lowest BCUT2D eigenvalue weighted by Gasteiger charge is -2.24. The monoisotopic (exact) mass is 282 g/mol. The molecule has 1 aromatic heterocycles. The Balaban J connectivity index is 2.33. The molecular formula is C14H16ClFN2O. The normalized spacial score (nSPS) is 14.4. The minimum absolute atomic E-state index is 0.324. The zero-order chi connectivity index (χ0) is 14.2. The number of benzene rings is 1. The SMILES string of the molecule is Cc1nn(C)c(Cl)c1CC(C)(O)c1ccc(F)cc1. The van der Waals surface area contributed by atoms with Crippen LogP contribution in [0.5, 0.6) is 0 Å². The lowest BCUT2D eigenvalue weighted by molar-refractivity contribution is 0.0574. The van der Waals surface area contributed by atoms with E-state index >= 15 is 0 Å². The summed E-state index contributed by atoms with van der Waals surface area (Å²) in [5.41, 5.74) is 1.12. The summed E-state index contributed by atoms with van der Waals surface area (Å²) in [6, 6.07) is 5.83. The van der Waals surface area contributed by atoms with E-state index in [2.05, 4.69) is 5.10 Å². The second-order valence-corrected chi connectivity index (χ2v) is 5.29. The Kier molecular flexibility index (Phi) is 3.65. The number of aryl methyl sites for hydroxylation is 2. The van der Waals surface area contributed by atoms with E-state index in [9.17, 15) is 9.50 Å². The third-order valence-electron chi connectivity index (χ3n) is 3.26. The van der Waals surface area contributed by atoms with E-state index in [-0.39, 0.29) is 5.82 Å². The molecule has 5 heteroatoms. The maximum absolute atomic E-state index is 12.9. The molecule has 1 N–H and O–H groups in total. The molecule has 0 bridgehead atoms. The maximum Gasteiger partial charge on any atom is 0.130 e. The standard InChI is InChI=1S/C14H16ClFN2O/c1-9-12(13(15)18(3)17-9)8-14(2,19)10-4-6-11(16)7-5-10/h4-7,19H,8H2,1-3H3. The minimum atomic E-state index is -1.12. The average molecular weight is 283 g/mol. The molecule has 1 unspecified atom stereocenters. The first kappa shape index (κ1) is 14.0. The third kappa shape index (κ3) is 2.80. The maximum atomic E-state index is 12.9. The number of nitrogens with zero attached hydrogens (tertiary/aromatic N) is 2. The molecule has 0 amide bonds. The smallest absolute Gasteiger partial charge is 0.130 e. The van der Waals surface area contributed by atoms with Crippen LogP contribution >= 0.6 is 11.6 Å². The van der Waals surface area contributed by atoms with Gasteiger partial charge in [0.1, 0.15) is 11.0 Å². The number of hydrogen-bond acceptors (Lipinski definition) is 2. The number of halogens is 2. The zero-order valence-corrected chi connectivity index (χ0v) is 11.9. The number of hydrogen-bond donors (Lipinski definition) is 1. The summed E-state index contributed by atoms with van der Waals surface area (Å²) < 4.78 is 14.5. The Bertz CT molecular complexity index is 590. The number of aromatic nitrogens is 2. The fraction of sp³-hybridized carbons (Fsp3) is 0.357. The van der Waals surface area contributed by atoms with E-state index < -0.39 is 5.60 Å². The van der Waals surface area contributed by atoms with Gasteiger partial charge in [-0.1, -0.05) is 23.7 Å². The molecule has 1 heterocycles. The Morgan fingerprint density at radius 2 is 1.95 bits per heavy atom. The predicted molar refractivity (Wildman–Crippen MR) is 72.6 cm³/mol. The average Bonchev–Trinajstić information content (AvgIpc) is 2.56. The molecule has 0 saturated heterocycles. The van der Waals surface area contributed by atoms with E-state index in [1.165, 1.54) is 12.1 Å². The van der Waals surface area contributed by atoms with Crippen LogP contribution < -0.4 is 0 Å². The highest BCUT2D eigenvalue weighted by molar-refractivity contribution is 6.30. The first-order valence-electron chi connectivity index (χ1n) is 5.97. The molecule has 2 aromatic rings. The predicted octanol–water partition coefficient (Wildman–Crippen LogP) is 2.97. The summed E-state index contributed by atoms with van der Waals surface area (Å²) >= 11 is 6.16. The van der Waals surface area contributed by atoms with Gasteiger partial charge in [-0.05, 0) is 31.5 Å². The minimum Gasteiger partial charge on any atom is -0.385 e. The summed E-state index contributed by atoms with van der Waals surface area (Å²) in [5.74, 6) is -0.324. The summed E-state index contributed by atoms with van der Waals surface area (Å²) in [6.07, 6.45) is 0.330. The van der Waals surface area contributed by atoms with Crippen LogP contribution in [0.25, 0.3) is 0 Å². The van der Waals surface area contributed by atoms with Crippen molar-refractivity contribution < 1.29 is 9.50 Å². The summed E-state index contributed by atoms with van der Waals surface area (Å²) in [4.78, 5) is 0. The molecule has 19 heavy (non-hydrogen) atoms. The van der Waals surface area contributed by atoms with Gasteiger partial charge in [-0.25, -0.2) is 4.39 Å². The quantitative estimate of drug-likeness (QED) is 0.940. The van der Waals surface area contributed by atoms with Crippen molar-refractivity contribution in [2.45, 2.75) is 25.9 Å². The molecule has 0 aliphatic heterocycles. The molecule has 0 radical (unpaired) electrons. The third-order valence-corrected chi connectivity index (χ3v) is 3.73. The second kappa shape index (κ2) is 4.94. The van der Waals surface area contributed by atoms with E-state index in [4.69, 9.17) is 11.6 Å². The van der Waals surface area contributed by atoms with Gasteiger partial charge in [0.15, 0.2) is 0 Å². The Morgan fingerprint density at radius 3 is 2.42 bits per heavy atom. The van der Waals surface area contributed by atoms with Crippen LogP contribution in [0.15, 0.2) is 24.3 Å². The Labute approximate surface area is 116 Å². The van der Waals surface area contributed by atoms with Crippen molar-refractivity contribution in [2.75, 3.05) is 0 Å². The van der Waals surface area contributed by atoms with Crippen molar-refractivity contribution >= 4 is 11.6 Å². The van der Waals surface area contributed by atoms with Gasteiger partial charge in [0.2, 0.25) is 0 Å². The number of rotatable bonds is 3. The van der Waals surface area contributed by atoms with Crippen molar-refractivity contribution in [3.63, 3.8) is 0 Å². The first-order chi connectivity index (χ1) is 8.81. The highest BCUT2D eigenvalue weighted by atomic mass is 35.5. The molecule has 3 nitrogen and oxygen atoms in total. The Morgan fingerprint density at radius 1 is 1.37 bits per heavy atom. The van der Waals surface area contributed by atoms with Crippen molar-refractivity contribution in [1.82, 2.24) is 9.78 Å². The van der Waals surface area contributed by atoms with Crippen LogP contribution in [0.1, 0.15) is 23.7 Å². The van der Waals surface area contributed by atoms with Gasteiger partial charge < -0.3 is 5.11 Å². The topological polar surface area (TPSA) is 38.0 Å². The van der Waals surface area contributed by atoms with Crippen molar-refractivity contribution in [2.24, 2.45) is 7.05 Å². The Hall–Kier alpha value is -1.39. The van der Waals surface area contributed by atoms with Crippen molar-refractivity contribution in [3.05, 3.63) is 52.1 Å². The van der Waals surface area contributed by atoms with Crippen LogP contribution in [-0.4, -0.2) is 14.9 Å². The molecule has 0 aliphatic carbocycles. The molecular weight excluding hydrogens is 267 g/mol. The van der Waals surface area contributed by atoms with Crippen molar-refractivity contribution in [1.29, 1.82) is 0 Å². The van der Waals surface area contributed by atoms with Crippen molar-refractivity contribution in [3.8, 4) is 0 Å². The van der Waals surface area contributed by atoms with Crippen LogP contribution in [0.4, 0.5) is 4.39 Å². The van der Waals surface area contributed by atoms with Gasteiger partial charge in [-0.3, -0.25) is 4.68 Å². The molecule has 1 aromatic carbocycles. The van der Waals surface area contributed by atoms with Gasteiger partial charge in [0.25, 0.3) is 0 Å². The molecule has 1 atom stereocenters. The van der Waals surface area contributed by atoms with E-state index in [1.807, 2.05) is 6.92 Å². The zero-order valence-electron chi connectivity index (χ0n) is 11.1. The fourth-order valence-corrected chi connectivity index (χ4v) is 2.37. The summed E-state index contributed by atoms with van der Waals surface area (Å²) in [7, 11) is 1.76. The van der Waals surface area contributed by atoms with Crippen LogP contribution in [0.2, 0.25) is 5.15 Å². The lowest BCUT2D eigenvalue weighted by Crippen LogP contribution is -2.24. The van der Waals surface area contributed by atoms with Crippen LogP contribution in [0, 0.1) is 12.7 Å². The van der Waals surface area contributed by atoms with E-state index in [0.717, 1.165) is 11.3 Å². The van der Waals surface area contributed by atoms with Crippen LogP contribution in [0.3, 0.4) is 0 Å². The van der Waals surface area contributed by atoms with Gasteiger partial charge >= 0.3 is 0 Å². The van der Waals surface area contributed by atoms with Gasteiger partial charge in [-0.15, -0.1) is 0 Å². The van der Waals surface area contributed by atoms with Gasteiger partial charge in [0.05, 0.1) is 11.3 Å².